The first-order valence-corrected chi connectivity index (χ1v) is 12.7. The Labute approximate surface area is 204 Å². The normalized spacial score (nSPS) is 14.6. The van der Waals surface area contributed by atoms with Crippen molar-refractivity contribution in [3.05, 3.63) is 90.3 Å². The summed E-state index contributed by atoms with van der Waals surface area (Å²) in [5, 5.41) is 10.4. The van der Waals surface area contributed by atoms with E-state index in [-0.39, 0.29) is 16.1 Å². The lowest BCUT2D eigenvalue weighted by molar-refractivity contribution is 0.0341. The first kappa shape index (κ1) is 23.0. The molecule has 0 radical (unpaired) electrons. The molecule has 0 amide bonds. The number of nitriles is 1. The summed E-state index contributed by atoms with van der Waals surface area (Å²) in [7, 11) is -3.92. The van der Waals surface area contributed by atoms with Crippen molar-refractivity contribution >= 4 is 27.1 Å². The summed E-state index contributed by atoms with van der Waals surface area (Å²) in [4.78, 5) is 6.84. The lowest BCUT2D eigenvalue weighted by Gasteiger charge is -2.27. The summed E-state index contributed by atoms with van der Waals surface area (Å²) in [5.41, 5.74) is 4.23. The van der Waals surface area contributed by atoms with Crippen LogP contribution in [0.25, 0.3) is 28.2 Å². The van der Waals surface area contributed by atoms with E-state index in [4.69, 9.17) is 4.74 Å². The van der Waals surface area contributed by atoms with Crippen LogP contribution in [-0.4, -0.2) is 48.6 Å². The van der Waals surface area contributed by atoms with Crippen molar-refractivity contribution in [3.63, 3.8) is 0 Å². The zero-order chi connectivity index (χ0) is 24.4. The molecule has 2 aromatic heterocycles. The Morgan fingerprint density at radius 1 is 1.11 bits per heavy atom. The lowest BCUT2D eigenvalue weighted by Crippen LogP contribution is -2.35. The SMILES string of the molecule is C=Cc1cc(-c2ccnc3c2c(C#N)cn3S(=O)(=O)c2ccccc2)ccc1CN1CCOCC1. The predicted molar refractivity (Wildman–Crippen MR) is 135 cm³/mol. The highest BCUT2D eigenvalue weighted by atomic mass is 32.2. The molecule has 5 rings (SSSR count). The van der Waals surface area contributed by atoms with Gasteiger partial charge in [-0.2, -0.15) is 5.26 Å². The van der Waals surface area contributed by atoms with Gasteiger partial charge in [0, 0.05) is 37.4 Å². The van der Waals surface area contributed by atoms with Crippen LogP contribution >= 0.6 is 0 Å². The molecule has 1 saturated heterocycles. The maximum absolute atomic E-state index is 13.3. The number of pyridine rings is 1. The summed E-state index contributed by atoms with van der Waals surface area (Å²) in [6.45, 7) is 8.03. The molecule has 0 spiro atoms. The molecule has 0 aliphatic carbocycles. The maximum Gasteiger partial charge on any atom is 0.269 e. The van der Waals surface area contributed by atoms with Crippen LogP contribution in [0.5, 0.6) is 0 Å². The number of hydrogen-bond donors (Lipinski definition) is 0. The summed E-state index contributed by atoms with van der Waals surface area (Å²) in [6.07, 6.45) is 4.75. The van der Waals surface area contributed by atoms with Gasteiger partial charge >= 0.3 is 0 Å². The maximum atomic E-state index is 13.3. The molecule has 3 heterocycles. The zero-order valence-electron chi connectivity index (χ0n) is 19.1. The van der Waals surface area contributed by atoms with Gasteiger partial charge in [-0.3, -0.25) is 4.90 Å². The Kier molecular flexibility index (Phi) is 6.22. The van der Waals surface area contributed by atoms with Crippen molar-refractivity contribution in [1.82, 2.24) is 13.9 Å². The standard InChI is InChI=1S/C27H24N4O3S/c1-2-20-16-21(8-9-22(20)18-30-12-14-34-15-13-30)25-10-11-29-27-26(25)23(17-28)19-31(27)35(32,33)24-6-4-3-5-7-24/h2-11,16,19H,1,12-15,18H2. The van der Waals surface area contributed by atoms with Gasteiger partial charge in [0.2, 0.25) is 0 Å². The van der Waals surface area contributed by atoms with Gasteiger partial charge in [0.15, 0.2) is 5.65 Å². The van der Waals surface area contributed by atoms with Crippen molar-refractivity contribution in [3.8, 4) is 17.2 Å². The first-order chi connectivity index (χ1) is 17.0. The van der Waals surface area contributed by atoms with Crippen molar-refractivity contribution in [2.45, 2.75) is 11.4 Å². The molecule has 0 atom stereocenters. The number of morpholine rings is 1. The molecule has 35 heavy (non-hydrogen) atoms. The number of hydrogen-bond acceptors (Lipinski definition) is 6. The van der Waals surface area contributed by atoms with E-state index in [0.29, 0.717) is 5.39 Å². The van der Waals surface area contributed by atoms with Gasteiger partial charge in [-0.05, 0) is 46.5 Å². The van der Waals surface area contributed by atoms with E-state index in [1.54, 1.807) is 24.4 Å². The molecule has 2 aromatic carbocycles. The fourth-order valence-corrected chi connectivity index (χ4v) is 5.78. The molecule has 1 fully saturated rings. The van der Waals surface area contributed by atoms with Gasteiger partial charge in [-0.1, -0.05) is 43.0 Å². The number of nitrogens with zero attached hydrogens (tertiary/aromatic N) is 4. The van der Waals surface area contributed by atoms with Gasteiger partial charge in [0.25, 0.3) is 10.0 Å². The zero-order valence-corrected chi connectivity index (χ0v) is 19.9. The summed E-state index contributed by atoms with van der Waals surface area (Å²) in [6, 6.07) is 18.2. The minimum Gasteiger partial charge on any atom is -0.379 e. The highest BCUT2D eigenvalue weighted by Gasteiger charge is 2.24. The van der Waals surface area contributed by atoms with Gasteiger partial charge in [0.05, 0.1) is 23.7 Å². The largest absolute Gasteiger partial charge is 0.379 e. The van der Waals surface area contributed by atoms with Gasteiger partial charge in [-0.15, -0.1) is 0 Å². The highest BCUT2D eigenvalue weighted by Crippen LogP contribution is 2.34. The molecule has 0 N–H and O–H groups in total. The Morgan fingerprint density at radius 2 is 1.89 bits per heavy atom. The number of ether oxygens (including phenoxy) is 1. The smallest absolute Gasteiger partial charge is 0.269 e. The number of fused-ring (bicyclic) bond motifs is 1. The molecule has 0 unspecified atom stereocenters. The average Bonchev–Trinajstić information content (AvgIpc) is 3.30. The topological polar surface area (TPSA) is 88.2 Å². The number of benzene rings is 2. The first-order valence-electron chi connectivity index (χ1n) is 11.3. The van der Waals surface area contributed by atoms with Crippen molar-refractivity contribution < 1.29 is 13.2 Å². The fourth-order valence-electron chi connectivity index (χ4n) is 4.44. The Bertz CT molecular complexity index is 1550. The van der Waals surface area contributed by atoms with Gasteiger partial charge < -0.3 is 4.74 Å². The van der Waals surface area contributed by atoms with E-state index in [1.165, 1.54) is 18.3 Å². The van der Waals surface area contributed by atoms with E-state index in [0.717, 1.165) is 59.1 Å². The third-order valence-corrected chi connectivity index (χ3v) is 7.91. The fraction of sp³-hybridized carbons (Fsp3) is 0.185. The molecule has 8 heteroatoms. The summed E-state index contributed by atoms with van der Waals surface area (Å²) >= 11 is 0. The second-order valence-corrected chi connectivity index (χ2v) is 10.1. The minimum atomic E-state index is -3.92. The number of aromatic nitrogens is 2. The van der Waals surface area contributed by atoms with E-state index < -0.39 is 10.0 Å². The molecule has 176 valence electrons. The summed E-state index contributed by atoms with van der Waals surface area (Å²) in [5.74, 6) is 0. The van der Waals surface area contributed by atoms with Crippen LogP contribution in [0.3, 0.4) is 0 Å². The molecule has 7 nitrogen and oxygen atoms in total. The third kappa shape index (κ3) is 4.26. The minimum absolute atomic E-state index is 0.134. The van der Waals surface area contributed by atoms with E-state index in [1.807, 2.05) is 24.3 Å². The Balaban J connectivity index is 1.62. The van der Waals surface area contributed by atoms with Crippen LogP contribution in [0.1, 0.15) is 16.7 Å². The second-order valence-electron chi connectivity index (χ2n) is 8.33. The predicted octanol–water partition coefficient (Wildman–Crippen LogP) is 4.29. The van der Waals surface area contributed by atoms with E-state index in [9.17, 15) is 13.7 Å². The second kappa shape index (κ2) is 9.47. The molecule has 1 aliphatic rings. The van der Waals surface area contributed by atoms with Crippen LogP contribution in [0, 0.1) is 11.3 Å². The highest BCUT2D eigenvalue weighted by molar-refractivity contribution is 7.90. The van der Waals surface area contributed by atoms with Crippen LogP contribution in [0.2, 0.25) is 0 Å². The lowest BCUT2D eigenvalue weighted by atomic mass is 9.96. The molecular formula is C27H24N4O3S. The number of rotatable bonds is 6. The molecule has 1 aliphatic heterocycles. The van der Waals surface area contributed by atoms with Gasteiger partial charge in [0.1, 0.15) is 6.07 Å². The molecule has 4 aromatic rings. The van der Waals surface area contributed by atoms with Crippen LogP contribution in [0.4, 0.5) is 0 Å². The van der Waals surface area contributed by atoms with Crippen LogP contribution in [0.15, 0.2) is 78.5 Å². The van der Waals surface area contributed by atoms with E-state index >= 15 is 0 Å². The molecular weight excluding hydrogens is 460 g/mol. The average molecular weight is 485 g/mol. The van der Waals surface area contributed by atoms with Crippen molar-refractivity contribution in [1.29, 1.82) is 5.26 Å². The van der Waals surface area contributed by atoms with Crippen molar-refractivity contribution in [2.75, 3.05) is 26.3 Å². The monoisotopic (exact) mass is 484 g/mol. The molecule has 0 bridgehead atoms. The Hall–Kier alpha value is -3.77. The third-order valence-electron chi connectivity index (χ3n) is 6.25. The van der Waals surface area contributed by atoms with Gasteiger partial charge in [-0.25, -0.2) is 17.4 Å². The van der Waals surface area contributed by atoms with E-state index in [2.05, 4.69) is 28.6 Å². The quantitative estimate of drug-likeness (QED) is 0.406. The molecule has 0 saturated carbocycles. The Morgan fingerprint density at radius 3 is 2.60 bits per heavy atom. The van der Waals surface area contributed by atoms with Crippen molar-refractivity contribution in [2.24, 2.45) is 0 Å². The summed E-state index contributed by atoms with van der Waals surface area (Å²) < 4.78 is 33.2. The van der Waals surface area contributed by atoms with Crippen LogP contribution in [-0.2, 0) is 21.3 Å². The van der Waals surface area contributed by atoms with Crippen LogP contribution < -0.4 is 0 Å².